The summed E-state index contributed by atoms with van der Waals surface area (Å²) in [5, 5.41) is 9.10. The number of benzene rings is 1. The molecule has 1 saturated heterocycles. The number of rotatable bonds is 7. The predicted octanol–water partition coefficient (Wildman–Crippen LogP) is 1.96. The SMILES string of the molecule is Cc1nc2ccc(F)cc2nc1OC1CC2C(=O)NC3(C(=O)NS(=O)(=O)C4CC4)CC3/C=C\CCCCCC(NC(=O)c3ccnn3C)C(=O)N2C1. The third-order valence-corrected chi connectivity index (χ3v) is 12.1. The van der Waals surface area contributed by atoms with Crippen molar-refractivity contribution in [3.8, 4) is 5.88 Å². The number of sulfonamides is 1. The molecular formula is C35H41FN8O7S. The molecular weight excluding hydrogens is 695 g/mol. The number of hydrogen-bond donors (Lipinski definition) is 3. The normalized spacial score (nSPS) is 27.4. The maximum atomic E-state index is 14.5. The van der Waals surface area contributed by atoms with Crippen LogP contribution in [0, 0.1) is 18.7 Å². The lowest BCUT2D eigenvalue weighted by Gasteiger charge is -2.30. The number of nitrogens with zero attached hydrogens (tertiary/aromatic N) is 5. The first-order chi connectivity index (χ1) is 24.8. The highest BCUT2D eigenvalue weighted by Crippen LogP contribution is 2.46. The van der Waals surface area contributed by atoms with Crippen LogP contribution in [-0.4, -0.2) is 92.2 Å². The van der Waals surface area contributed by atoms with Gasteiger partial charge in [0.05, 0.1) is 22.8 Å². The van der Waals surface area contributed by atoms with Gasteiger partial charge in [-0.25, -0.2) is 22.8 Å². The number of amides is 4. The molecule has 3 fully saturated rings. The zero-order valence-electron chi connectivity index (χ0n) is 28.9. The summed E-state index contributed by atoms with van der Waals surface area (Å²) in [7, 11) is -2.29. The van der Waals surface area contributed by atoms with E-state index in [9.17, 15) is 32.0 Å². The number of allylic oxidation sites excluding steroid dienone is 1. The molecule has 2 aromatic heterocycles. The summed E-state index contributed by atoms with van der Waals surface area (Å²) in [5.41, 5.74) is -0.127. The van der Waals surface area contributed by atoms with E-state index in [1.54, 1.807) is 14.0 Å². The van der Waals surface area contributed by atoms with Gasteiger partial charge < -0.3 is 20.3 Å². The van der Waals surface area contributed by atoms with E-state index in [1.807, 2.05) is 12.2 Å². The molecule has 15 nitrogen and oxygen atoms in total. The van der Waals surface area contributed by atoms with Gasteiger partial charge in [-0.2, -0.15) is 5.10 Å². The number of hydrogen-bond acceptors (Lipinski definition) is 10. The first kappa shape index (κ1) is 35.5. The Morgan fingerprint density at radius 1 is 1.08 bits per heavy atom. The average molecular weight is 737 g/mol. The van der Waals surface area contributed by atoms with Gasteiger partial charge in [-0.1, -0.05) is 25.0 Å². The molecule has 5 unspecified atom stereocenters. The Hall–Kier alpha value is -4.93. The minimum atomic E-state index is -3.91. The van der Waals surface area contributed by atoms with Gasteiger partial charge in [0, 0.05) is 31.6 Å². The van der Waals surface area contributed by atoms with Crippen LogP contribution in [0.2, 0.25) is 0 Å². The lowest BCUT2D eigenvalue weighted by molar-refractivity contribution is -0.141. The summed E-state index contributed by atoms with van der Waals surface area (Å²) >= 11 is 0. The van der Waals surface area contributed by atoms with Crippen LogP contribution in [0.4, 0.5) is 4.39 Å². The Bertz CT molecular complexity index is 2070. The first-order valence-electron chi connectivity index (χ1n) is 17.6. The fraction of sp³-hybridized carbons (Fsp3) is 0.514. The summed E-state index contributed by atoms with van der Waals surface area (Å²) in [6.45, 7) is 1.61. The molecule has 2 aliphatic carbocycles. The van der Waals surface area contributed by atoms with Gasteiger partial charge in [-0.05, 0) is 63.6 Å². The number of aromatic nitrogens is 4. The molecule has 7 rings (SSSR count). The van der Waals surface area contributed by atoms with Crippen LogP contribution in [0.15, 0.2) is 42.6 Å². The van der Waals surface area contributed by atoms with E-state index >= 15 is 0 Å². The molecule has 2 aliphatic heterocycles. The van der Waals surface area contributed by atoms with Crippen molar-refractivity contribution < 1.29 is 36.7 Å². The lowest BCUT2D eigenvalue weighted by Crippen LogP contribution is -2.58. The molecule has 3 N–H and O–H groups in total. The highest BCUT2D eigenvalue weighted by Gasteiger charge is 2.62. The number of nitrogens with one attached hydrogen (secondary N) is 3. The largest absolute Gasteiger partial charge is 0.471 e. The highest BCUT2D eigenvalue weighted by atomic mass is 32.2. The van der Waals surface area contributed by atoms with E-state index in [-0.39, 0.29) is 36.5 Å². The van der Waals surface area contributed by atoms with Gasteiger partial charge in [0.25, 0.3) is 11.8 Å². The minimum absolute atomic E-state index is 0.0130. The van der Waals surface area contributed by atoms with E-state index in [0.717, 1.165) is 12.8 Å². The maximum Gasteiger partial charge on any atom is 0.270 e. The smallest absolute Gasteiger partial charge is 0.270 e. The van der Waals surface area contributed by atoms with Crippen molar-refractivity contribution in [2.75, 3.05) is 6.54 Å². The fourth-order valence-corrected chi connectivity index (χ4v) is 8.41. The number of halogens is 1. The third-order valence-electron chi connectivity index (χ3n) is 10.2. The van der Waals surface area contributed by atoms with Crippen LogP contribution in [0.25, 0.3) is 11.0 Å². The van der Waals surface area contributed by atoms with Crippen molar-refractivity contribution in [2.24, 2.45) is 13.0 Å². The molecule has 3 aromatic rings. The molecule has 0 radical (unpaired) electrons. The summed E-state index contributed by atoms with van der Waals surface area (Å²) < 4.78 is 49.4. The maximum absolute atomic E-state index is 14.5. The minimum Gasteiger partial charge on any atom is -0.471 e. The Labute approximate surface area is 299 Å². The van der Waals surface area contributed by atoms with Crippen LogP contribution in [-0.2, 0) is 31.5 Å². The molecule has 2 saturated carbocycles. The van der Waals surface area contributed by atoms with Crippen LogP contribution in [0.3, 0.4) is 0 Å². The predicted molar refractivity (Wildman–Crippen MR) is 185 cm³/mol. The molecule has 276 valence electrons. The van der Waals surface area contributed by atoms with E-state index in [1.165, 1.54) is 40.0 Å². The molecule has 0 spiro atoms. The van der Waals surface area contributed by atoms with Crippen LogP contribution < -0.4 is 20.1 Å². The van der Waals surface area contributed by atoms with Crippen molar-refractivity contribution in [1.82, 2.24) is 40.0 Å². The van der Waals surface area contributed by atoms with Crippen LogP contribution in [0.1, 0.15) is 74.0 Å². The second-order valence-electron chi connectivity index (χ2n) is 14.1. The Kier molecular flexibility index (Phi) is 9.48. The third kappa shape index (κ3) is 7.22. The number of carbonyl (C=O) groups excluding carboxylic acids is 4. The van der Waals surface area contributed by atoms with E-state index in [2.05, 4.69) is 30.4 Å². The van der Waals surface area contributed by atoms with Crippen LogP contribution in [0.5, 0.6) is 5.88 Å². The van der Waals surface area contributed by atoms with Gasteiger partial charge in [-0.3, -0.25) is 28.6 Å². The highest BCUT2D eigenvalue weighted by molar-refractivity contribution is 7.91. The van der Waals surface area contributed by atoms with Crippen molar-refractivity contribution in [3.05, 3.63) is 59.8 Å². The fourth-order valence-electron chi connectivity index (χ4n) is 7.05. The Balaban J connectivity index is 1.20. The van der Waals surface area contributed by atoms with Crippen LogP contribution >= 0.6 is 0 Å². The lowest BCUT2D eigenvalue weighted by atomic mass is 10.0. The van der Waals surface area contributed by atoms with Crippen molar-refractivity contribution in [2.45, 2.75) is 93.7 Å². The summed E-state index contributed by atoms with van der Waals surface area (Å²) in [6.07, 6.45) is 8.68. The monoisotopic (exact) mass is 736 g/mol. The average Bonchev–Trinajstić information content (AvgIpc) is 3.99. The number of carbonyl (C=O) groups is 4. The molecule has 0 bridgehead atoms. The van der Waals surface area contributed by atoms with Gasteiger partial charge in [0.1, 0.15) is 40.9 Å². The first-order valence-corrected chi connectivity index (χ1v) is 19.1. The molecule has 5 atom stereocenters. The molecule has 4 heterocycles. The van der Waals surface area contributed by atoms with Crippen molar-refractivity contribution in [1.29, 1.82) is 0 Å². The molecule has 1 aromatic carbocycles. The zero-order valence-corrected chi connectivity index (χ0v) is 29.7. The Morgan fingerprint density at radius 2 is 1.88 bits per heavy atom. The quantitative estimate of drug-likeness (QED) is 0.302. The molecule has 17 heteroatoms. The molecule has 4 amide bonds. The second-order valence-corrected chi connectivity index (χ2v) is 16.1. The van der Waals surface area contributed by atoms with E-state index in [4.69, 9.17) is 4.74 Å². The topological polar surface area (TPSA) is 195 Å². The Morgan fingerprint density at radius 3 is 2.63 bits per heavy atom. The molecule has 52 heavy (non-hydrogen) atoms. The van der Waals surface area contributed by atoms with E-state index in [0.29, 0.717) is 43.3 Å². The molecule has 4 aliphatic rings. The summed E-state index contributed by atoms with van der Waals surface area (Å²) in [4.78, 5) is 66.0. The standard InChI is InChI=1S/C35H41FN8O7S/c1-20-32(40-27-16-22(36)10-13-25(27)38-20)51-23-17-29-31(46)41-35(34(48)42-52(49,50)24-11-12-24)18-21(35)8-6-4-3-5-7-9-26(33(47)44(29)19-23)39-30(45)28-14-15-37-43(28)2/h6,8,10,13-16,21,23-24,26,29H,3-5,7,9,11-12,17-19H2,1-2H3,(H,39,45)(H,41,46)(H,42,48)/b8-6-. The van der Waals surface area contributed by atoms with E-state index < -0.39 is 74.4 Å². The van der Waals surface area contributed by atoms with Gasteiger partial charge in [0.15, 0.2) is 0 Å². The summed E-state index contributed by atoms with van der Waals surface area (Å²) in [6, 6.07) is 3.39. The number of ether oxygens (including phenoxy) is 1. The summed E-state index contributed by atoms with van der Waals surface area (Å²) in [5.74, 6) is -3.34. The zero-order chi connectivity index (χ0) is 36.8. The second kappa shape index (κ2) is 13.9. The van der Waals surface area contributed by atoms with Crippen molar-refractivity contribution >= 4 is 44.7 Å². The van der Waals surface area contributed by atoms with Gasteiger partial charge >= 0.3 is 0 Å². The number of aryl methyl sites for hydroxylation is 2. The number of fused-ring (bicyclic) bond motifs is 3. The van der Waals surface area contributed by atoms with Gasteiger partial charge in [0.2, 0.25) is 27.7 Å². The van der Waals surface area contributed by atoms with Gasteiger partial charge in [-0.15, -0.1) is 0 Å². The van der Waals surface area contributed by atoms with Crippen molar-refractivity contribution in [3.63, 3.8) is 0 Å².